The first-order valence-corrected chi connectivity index (χ1v) is 9.25. The van der Waals surface area contributed by atoms with Crippen LogP contribution < -0.4 is 10.6 Å². The van der Waals surface area contributed by atoms with Crippen LogP contribution in [-0.2, 0) is 4.79 Å². The molecule has 0 aromatic heterocycles. The van der Waals surface area contributed by atoms with E-state index in [-0.39, 0.29) is 23.2 Å². The first-order chi connectivity index (χ1) is 10.5. The van der Waals surface area contributed by atoms with Crippen LogP contribution in [0.4, 0.5) is 4.79 Å². The molecule has 120 valence electrons. The summed E-state index contributed by atoms with van der Waals surface area (Å²) in [5.74, 6) is -0.263. The number of nitrogens with one attached hydrogen (secondary N) is 2. The number of urea groups is 1. The second-order valence-corrected chi connectivity index (χ2v) is 7.84. The van der Waals surface area contributed by atoms with Crippen LogP contribution in [0.2, 0.25) is 0 Å². The molecule has 0 heterocycles. The Morgan fingerprint density at radius 3 is 2.45 bits per heavy atom. The van der Waals surface area contributed by atoms with E-state index in [0.29, 0.717) is 0 Å². The van der Waals surface area contributed by atoms with Gasteiger partial charge in [0.15, 0.2) is 0 Å². The van der Waals surface area contributed by atoms with Gasteiger partial charge >= 0.3 is 6.03 Å². The van der Waals surface area contributed by atoms with Crippen molar-refractivity contribution in [1.82, 2.24) is 10.6 Å². The summed E-state index contributed by atoms with van der Waals surface area (Å²) in [7, 11) is 0. The van der Waals surface area contributed by atoms with E-state index in [0.717, 1.165) is 35.1 Å². The molecule has 0 radical (unpaired) electrons. The quantitative estimate of drug-likeness (QED) is 0.768. The van der Waals surface area contributed by atoms with E-state index >= 15 is 0 Å². The van der Waals surface area contributed by atoms with Crippen molar-refractivity contribution in [3.8, 4) is 0 Å². The Hall–Kier alpha value is -1.01. The van der Waals surface area contributed by atoms with Gasteiger partial charge in [-0.25, -0.2) is 4.79 Å². The zero-order valence-electron chi connectivity index (χ0n) is 12.6. The Labute approximate surface area is 143 Å². The van der Waals surface area contributed by atoms with E-state index in [1.807, 2.05) is 24.3 Å². The van der Waals surface area contributed by atoms with Gasteiger partial charge in [-0.1, -0.05) is 35.2 Å². The van der Waals surface area contributed by atoms with Crippen molar-refractivity contribution in [2.45, 2.75) is 55.2 Å². The Balaban J connectivity index is 1.77. The molecule has 2 rings (SSSR count). The van der Waals surface area contributed by atoms with Crippen LogP contribution in [0.5, 0.6) is 0 Å². The van der Waals surface area contributed by atoms with Crippen LogP contribution in [0.3, 0.4) is 0 Å². The van der Waals surface area contributed by atoms with Gasteiger partial charge in [-0.15, -0.1) is 11.8 Å². The van der Waals surface area contributed by atoms with Crippen LogP contribution in [0.1, 0.15) is 39.0 Å². The van der Waals surface area contributed by atoms with Gasteiger partial charge in [0.05, 0.1) is 5.25 Å². The molecule has 1 fully saturated rings. The number of benzene rings is 1. The highest BCUT2D eigenvalue weighted by Crippen LogP contribution is 2.25. The average Bonchev–Trinajstić information content (AvgIpc) is 2.50. The summed E-state index contributed by atoms with van der Waals surface area (Å²) in [6.07, 6.45) is 5.54. The molecule has 6 heteroatoms. The lowest BCUT2D eigenvalue weighted by atomic mass is 9.96. The lowest BCUT2D eigenvalue weighted by Gasteiger charge is -2.23. The van der Waals surface area contributed by atoms with E-state index in [1.165, 1.54) is 18.2 Å². The Morgan fingerprint density at radius 2 is 1.82 bits per heavy atom. The Bertz CT molecular complexity index is 515. The van der Waals surface area contributed by atoms with Crippen LogP contribution in [0, 0.1) is 0 Å². The molecule has 0 spiro atoms. The molecule has 1 aliphatic carbocycles. The number of amides is 3. The zero-order valence-corrected chi connectivity index (χ0v) is 15.0. The standard InChI is InChI=1S/C16H21BrN2O2S/c1-11(22-14-9-7-12(17)8-10-14)15(20)19-16(21)18-13-5-3-2-4-6-13/h7-11,13H,2-6H2,1H3,(H2,18,19,20,21)/t11-/m1/s1. The number of thioether (sulfide) groups is 1. The number of carbonyl (C=O) groups excluding carboxylic acids is 2. The highest BCUT2D eigenvalue weighted by atomic mass is 79.9. The van der Waals surface area contributed by atoms with Crippen molar-refractivity contribution in [3.05, 3.63) is 28.7 Å². The van der Waals surface area contributed by atoms with Crippen molar-refractivity contribution in [2.24, 2.45) is 0 Å². The summed E-state index contributed by atoms with van der Waals surface area (Å²) in [6, 6.07) is 7.59. The minimum absolute atomic E-state index is 0.205. The first-order valence-electron chi connectivity index (χ1n) is 7.58. The first kappa shape index (κ1) is 17.3. The zero-order chi connectivity index (χ0) is 15.9. The molecule has 1 aromatic rings. The van der Waals surface area contributed by atoms with Crippen molar-refractivity contribution < 1.29 is 9.59 Å². The third kappa shape index (κ3) is 5.65. The van der Waals surface area contributed by atoms with Crippen LogP contribution in [0.15, 0.2) is 33.6 Å². The molecule has 22 heavy (non-hydrogen) atoms. The van der Waals surface area contributed by atoms with E-state index in [9.17, 15) is 9.59 Å². The van der Waals surface area contributed by atoms with Crippen molar-refractivity contribution in [3.63, 3.8) is 0 Å². The van der Waals surface area contributed by atoms with Gasteiger partial charge < -0.3 is 5.32 Å². The monoisotopic (exact) mass is 384 g/mol. The average molecular weight is 385 g/mol. The number of hydrogen-bond donors (Lipinski definition) is 2. The van der Waals surface area contributed by atoms with Gasteiger partial charge in [0.2, 0.25) is 5.91 Å². The maximum atomic E-state index is 12.1. The number of hydrogen-bond acceptors (Lipinski definition) is 3. The smallest absolute Gasteiger partial charge is 0.321 e. The highest BCUT2D eigenvalue weighted by molar-refractivity contribution is 9.10. The van der Waals surface area contributed by atoms with Crippen LogP contribution in [0.25, 0.3) is 0 Å². The number of imide groups is 1. The predicted octanol–water partition coefficient (Wildman–Crippen LogP) is 4.09. The molecule has 0 bridgehead atoms. The topological polar surface area (TPSA) is 58.2 Å². The minimum Gasteiger partial charge on any atom is -0.335 e. The summed E-state index contributed by atoms with van der Waals surface area (Å²) in [5, 5.41) is 5.01. The molecule has 1 aliphatic rings. The summed E-state index contributed by atoms with van der Waals surface area (Å²) in [5.41, 5.74) is 0. The lowest BCUT2D eigenvalue weighted by Crippen LogP contribution is -2.47. The molecular weight excluding hydrogens is 364 g/mol. The van der Waals surface area contributed by atoms with Crippen LogP contribution >= 0.6 is 27.7 Å². The van der Waals surface area contributed by atoms with Crippen LogP contribution in [-0.4, -0.2) is 23.2 Å². The maximum Gasteiger partial charge on any atom is 0.321 e. The summed E-state index contributed by atoms with van der Waals surface area (Å²) < 4.78 is 1.00. The molecule has 1 saturated carbocycles. The van der Waals surface area contributed by atoms with Gasteiger partial charge in [-0.05, 0) is 44.0 Å². The Morgan fingerprint density at radius 1 is 1.18 bits per heavy atom. The van der Waals surface area contributed by atoms with Gasteiger partial charge in [0, 0.05) is 15.4 Å². The Kier molecular flexibility index (Phi) is 6.76. The molecule has 0 saturated heterocycles. The van der Waals surface area contributed by atoms with Crippen molar-refractivity contribution >= 4 is 39.6 Å². The fourth-order valence-electron chi connectivity index (χ4n) is 2.45. The summed E-state index contributed by atoms with van der Waals surface area (Å²) >= 11 is 4.81. The van der Waals surface area contributed by atoms with E-state index in [2.05, 4.69) is 26.6 Å². The molecular formula is C16H21BrN2O2S. The summed E-state index contributed by atoms with van der Waals surface area (Å²) in [4.78, 5) is 24.9. The third-order valence-electron chi connectivity index (χ3n) is 3.67. The fourth-order valence-corrected chi connectivity index (χ4v) is 3.58. The fraction of sp³-hybridized carbons (Fsp3) is 0.500. The number of rotatable bonds is 4. The molecule has 1 aromatic carbocycles. The maximum absolute atomic E-state index is 12.1. The van der Waals surface area contributed by atoms with Gasteiger partial charge in [0.1, 0.15) is 0 Å². The normalized spacial score (nSPS) is 16.8. The lowest BCUT2D eigenvalue weighted by molar-refractivity contribution is -0.119. The molecule has 4 nitrogen and oxygen atoms in total. The molecule has 3 amide bonds. The predicted molar refractivity (Wildman–Crippen MR) is 93.0 cm³/mol. The van der Waals surface area contributed by atoms with E-state index in [4.69, 9.17) is 0 Å². The molecule has 0 unspecified atom stereocenters. The highest BCUT2D eigenvalue weighted by Gasteiger charge is 2.20. The van der Waals surface area contributed by atoms with Crippen molar-refractivity contribution in [2.75, 3.05) is 0 Å². The largest absolute Gasteiger partial charge is 0.335 e. The number of halogens is 1. The van der Waals surface area contributed by atoms with Gasteiger partial charge in [0.25, 0.3) is 0 Å². The molecule has 0 aliphatic heterocycles. The van der Waals surface area contributed by atoms with Gasteiger partial charge in [-0.3, -0.25) is 10.1 Å². The van der Waals surface area contributed by atoms with Crippen molar-refractivity contribution in [1.29, 1.82) is 0 Å². The minimum atomic E-state index is -0.375. The SMILES string of the molecule is C[C@@H](Sc1ccc(Br)cc1)C(=O)NC(=O)NC1CCCCC1. The van der Waals surface area contributed by atoms with E-state index < -0.39 is 0 Å². The third-order valence-corrected chi connectivity index (χ3v) is 5.31. The number of carbonyl (C=O) groups is 2. The second-order valence-electron chi connectivity index (χ2n) is 5.51. The van der Waals surface area contributed by atoms with E-state index in [1.54, 1.807) is 6.92 Å². The molecule has 1 atom stereocenters. The molecule has 2 N–H and O–H groups in total. The van der Waals surface area contributed by atoms with Gasteiger partial charge in [-0.2, -0.15) is 0 Å². The summed E-state index contributed by atoms with van der Waals surface area (Å²) in [6.45, 7) is 1.80. The second kappa shape index (κ2) is 8.58.